The first-order valence-electron chi connectivity index (χ1n) is 1.25. The molecule has 0 N–H and O–H groups in total. The van der Waals surface area contributed by atoms with Crippen molar-refractivity contribution in [2.75, 3.05) is 5.88 Å². The van der Waals surface area contributed by atoms with Crippen LogP contribution in [0.25, 0.3) is 0 Å². The van der Waals surface area contributed by atoms with Crippen LogP contribution in [0.4, 0.5) is 0 Å². The van der Waals surface area contributed by atoms with Crippen LogP contribution in [0, 0.1) is 5.54 Å². The van der Waals surface area contributed by atoms with Crippen LogP contribution in [-0.2, 0) is 0 Å². The molecular formula is C3H2Cl3. The lowest BCUT2D eigenvalue weighted by Crippen LogP contribution is -1.64. The summed E-state index contributed by atoms with van der Waals surface area (Å²) in [4.78, 5) is 0. The fourth-order valence-corrected chi connectivity index (χ4v) is 0.227. The molecule has 0 aromatic carbocycles. The van der Waals surface area contributed by atoms with Crippen molar-refractivity contribution in [3.63, 3.8) is 0 Å². The summed E-state index contributed by atoms with van der Waals surface area (Å²) in [6, 6.07) is 0. The highest BCUT2D eigenvalue weighted by Gasteiger charge is 1.81. The number of hydrogen-bond donors (Lipinski definition) is 0. The molecule has 0 aromatic rings. The van der Waals surface area contributed by atoms with Crippen molar-refractivity contribution in [2.24, 2.45) is 0 Å². The lowest BCUT2D eigenvalue weighted by molar-refractivity contribution is 1.69. The van der Waals surface area contributed by atoms with Crippen LogP contribution in [-0.4, -0.2) is 5.88 Å². The van der Waals surface area contributed by atoms with Gasteiger partial charge in [-0.3, -0.25) is 0 Å². The third kappa shape index (κ3) is 2.83. The topological polar surface area (TPSA) is 0 Å². The zero-order valence-corrected chi connectivity index (χ0v) is 5.11. The molecule has 0 aromatic heterocycles. The molecule has 6 heavy (non-hydrogen) atoms. The van der Waals surface area contributed by atoms with Gasteiger partial charge in [-0.1, -0.05) is 23.2 Å². The molecule has 0 aliphatic carbocycles. The van der Waals surface area contributed by atoms with E-state index in [2.05, 4.69) is 5.54 Å². The molecule has 0 unspecified atom stereocenters. The second-order valence-corrected chi connectivity index (χ2v) is 1.55. The molecule has 0 bridgehead atoms. The first-order valence-corrected chi connectivity index (χ1v) is 2.54. The lowest BCUT2D eigenvalue weighted by atomic mass is 10.7. The molecule has 0 fully saturated rings. The van der Waals surface area contributed by atoms with Gasteiger partial charge in [-0.2, -0.15) is 0 Å². The molecule has 0 atom stereocenters. The van der Waals surface area contributed by atoms with Gasteiger partial charge in [0.15, 0.2) is 0 Å². The van der Waals surface area contributed by atoms with Crippen LogP contribution in [0.2, 0.25) is 0 Å². The van der Waals surface area contributed by atoms with Crippen LogP contribution in [0.15, 0.2) is 5.03 Å². The van der Waals surface area contributed by atoms with Crippen molar-refractivity contribution in [1.29, 1.82) is 0 Å². The predicted molar refractivity (Wildman–Crippen MR) is 29.2 cm³/mol. The van der Waals surface area contributed by atoms with E-state index in [1.165, 1.54) is 0 Å². The number of alkyl halides is 1. The summed E-state index contributed by atoms with van der Waals surface area (Å²) in [5, 5.41) is 0.346. The quantitative estimate of drug-likeness (QED) is 0.496. The van der Waals surface area contributed by atoms with Crippen LogP contribution in [0.1, 0.15) is 0 Å². The van der Waals surface area contributed by atoms with E-state index in [-0.39, 0.29) is 5.88 Å². The summed E-state index contributed by atoms with van der Waals surface area (Å²) in [7, 11) is 0. The van der Waals surface area contributed by atoms with Crippen LogP contribution < -0.4 is 0 Å². The molecule has 0 amide bonds. The molecule has 0 nitrogen and oxygen atoms in total. The molecule has 1 radical (unpaired) electrons. The van der Waals surface area contributed by atoms with Gasteiger partial charge >= 0.3 is 0 Å². The Labute approximate surface area is 51.7 Å². The Morgan fingerprint density at radius 3 is 2.17 bits per heavy atom. The molecule has 3 heteroatoms. The third-order valence-electron chi connectivity index (χ3n) is 0.220. The minimum Gasteiger partial charge on any atom is -0.121 e. The van der Waals surface area contributed by atoms with Gasteiger partial charge in [0.1, 0.15) is 0 Å². The van der Waals surface area contributed by atoms with Crippen molar-refractivity contribution < 1.29 is 0 Å². The fraction of sp³-hybridized carbons (Fsp3) is 0.333. The van der Waals surface area contributed by atoms with Gasteiger partial charge in [-0.05, 0) is 0 Å². The fourth-order valence-electron chi connectivity index (χ4n) is 0.0253. The van der Waals surface area contributed by atoms with E-state index in [0.29, 0.717) is 5.03 Å². The van der Waals surface area contributed by atoms with Gasteiger partial charge in [0, 0.05) is 0 Å². The first kappa shape index (κ1) is 6.61. The summed E-state index contributed by atoms with van der Waals surface area (Å²) in [6.07, 6.45) is 0. The third-order valence-corrected chi connectivity index (χ3v) is 1.18. The van der Waals surface area contributed by atoms with Crippen molar-refractivity contribution in [3.05, 3.63) is 10.6 Å². The number of allylic oxidation sites excluding steroid dienone is 1. The van der Waals surface area contributed by atoms with E-state index >= 15 is 0 Å². The molecule has 0 aliphatic rings. The molecule has 0 spiro atoms. The maximum Gasteiger partial charge on any atom is 0.0761 e. The molecule has 0 heterocycles. The smallest absolute Gasteiger partial charge is 0.0761 e. The van der Waals surface area contributed by atoms with E-state index in [4.69, 9.17) is 34.8 Å². The van der Waals surface area contributed by atoms with E-state index in [1.54, 1.807) is 0 Å². The van der Waals surface area contributed by atoms with E-state index in [0.717, 1.165) is 0 Å². The number of hydrogen-bond acceptors (Lipinski definition) is 0. The predicted octanol–water partition coefficient (Wildman–Crippen LogP) is 2.35. The summed E-state index contributed by atoms with van der Waals surface area (Å²) in [5.41, 5.74) is 2.14. The van der Waals surface area contributed by atoms with Crippen molar-refractivity contribution in [2.45, 2.75) is 0 Å². The van der Waals surface area contributed by atoms with E-state index < -0.39 is 0 Å². The minimum atomic E-state index is 0.241. The maximum atomic E-state index is 5.19. The second kappa shape index (κ2) is 3.79. The van der Waals surface area contributed by atoms with Crippen LogP contribution >= 0.6 is 34.8 Å². The largest absolute Gasteiger partial charge is 0.121 e. The standard InChI is InChI=1S/C3H2Cl3/c4-1-3(6)2-5/h1H2. The summed E-state index contributed by atoms with van der Waals surface area (Å²) in [5.74, 6) is 0.241. The highest BCUT2D eigenvalue weighted by molar-refractivity contribution is 6.38. The molecule has 0 rings (SSSR count). The Morgan fingerprint density at radius 1 is 1.67 bits per heavy atom. The molecule has 0 saturated heterocycles. The maximum absolute atomic E-state index is 5.19. The molecular weight excluding hydrogens is 142 g/mol. The second-order valence-electron chi connectivity index (χ2n) is 0.633. The zero-order valence-electron chi connectivity index (χ0n) is 2.84. The Morgan fingerprint density at radius 2 is 2.17 bits per heavy atom. The summed E-state index contributed by atoms with van der Waals surface area (Å²) < 4.78 is 0. The Kier molecular flexibility index (Phi) is 4.17. The average molecular weight is 144 g/mol. The number of halogens is 3. The van der Waals surface area contributed by atoms with Crippen molar-refractivity contribution >= 4 is 34.8 Å². The average Bonchev–Trinajstić information content (AvgIpc) is 1.65. The number of rotatable bonds is 1. The highest BCUT2D eigenvalue weighted by Crippen LogP contribution is 2.02. The van der Waals surface area contributed by atoms with Gasteiger partial charge in [0.25, 0.3) is 0 Å². The Hall–Kier alpha value is 0.610. The first-order chi connectivity index (χ1) is 2.81. The lowest BCUT2D eigenvalue weighted by Gasteiger charge is -1.76. The van der Waals surface area contributed by atoms with Crippen molar-refractivity contribution in [3.8, 4) is 0 Å². The monoisotopic (exact) mass is 143 g/mol. The molecule has 0 saturated carbocycles. The zero-order chi connectivity index (χ0) is 4.99. The summed E-state index contributed by atoms with van der Waals surface area (Å²) in [6.45, 7) is 0. The summed E-state index contributed by atoms with van der Waals surface area (Å²) >= 11 is 15.3. The Bertz CT molecular complexity index is 57.1. The normalized spacial score (nSPS) is 12.2. The highest BCUT2D eigenvalue weighted by atomic mass is 35.5. The SMILES string of the molecule is Cl/[C]=C(\Cl)CCl. The van der Waals surface area contributed by atoms with E-state index in [1.807, 2.05) is 0 Å². The van der Waals surface area contributed by atoms with E-state index in [9.17, 15) is 0 Å². The van der Waals surface area contributed by atoms with Crippen LogP contribution in [0.5, 0.6) is 0 Å². The van der Waals surface area contributed by atoms with Crippen LogP contribution in [0.3, 0.4) is 0 Å². The molecule has 0 aliphatic heterocycles. The molecule has 35 valence electrons. The van der Waals surface area contributed by atoms with Gasteiger partial charge in [-0.15, -0.1) is 11.6 Å². The van der Waals surface area contributed by atoms with Gasteiger partial charge in [0.2, 0.25) is 0 Å². The van der Waals surface area contributed by atoms with Gasteiger partial charge < -0.3 is 0 Å². The van der Waals surface area contributed by atoms with Gasteiger partial charge in [-0.25, -0.2) is 0 Å². The minimum absolute atomic E-state index is 0.241. The Balaban J connectivity index is 3.22. The van der Waals surface area contributed by atoms with Gasteiger partial charge in [0.05, 0.1) is 16.4 Å². The van der Waals surface area contributed by atoms with Crippen molar-refractivity contribution in [1.82, 2.24) is 0 Å².